The summed E-state index contributed by atoms with van der Waals surface area (Å²) in [6.45, 7) is 5.64. The molecule has 0 aliphatic heterocycles. The fourth-order valence-electron chi connectivity index (χ4n) is 3.52. The van der Waals surface area contributed by atoms with Crippen molar-refractivity contribution < 1.29 is 9.05 Å². The number of allylic oxidation sites excluding steroid dienone is 5. The molecule has 0 bridgehead atoms. The third-order valence-corrected chi connectivity index (χ3v) is 6.98. The van der Waals surface area contributed by atoms with Crippen molar-refractivity contribution >= 4 is 49.6 Å². The van der Waals surface area contributed by atoms with Crippen molar-refractivity contribution in [2.75, 3.05) is 16.4 Å². The molecule has 2 aromatic heterocycles. The predicted octanol–water partition coefficient (Wildman–Crippen LogP) is 5.16. The molecule has 4 rings (SSSR count). The Kier molecular flexibility index (Phi) is 8.59. The first-order valence-electron chi connectivity index (χ1n) is 12.2. The minimum Gasteiger partial charge on any atom is -0.339 e. The van der Waals surface area contributed by atoms with Gasteiger partial charge in [0.1, 0.15) is 5.82 Å². The molecule has 0 fully saturated rings. The van der Waals surface area contributed by atoms with Crippen LogP contribution in [-0.4, -0.2) is 41.7 Å². The second-order valence-corrected chi connectivity index (χ2v) is 10.8. The van der Waals surface area contributed by atoms with Crippen LogP contribution in [0.5, 0.6) is 0 Å². The average Bonchev–Trinajstić information content (AvgIpc) is 3.29. The van der Waals surface area contributed by atoms with Gasteiger partial charge >= 0.3 is 0 Å². The molecular formula is C27H32N8O2S. The van der Waals surface area contributed by atoms with Gasteiger partial charge in [0.25, 0.3) is 0 Å². The maximum absolute atomic E-state index is 13.1. The van der Waals surface area contributed by atoms with Gasteiger partial charge in [-0.2, -0.15) is 10.1 Å². The lowest BCUT2D eigenvalue weighted by molar-refractivity contribution is 0.215. The van der Waals surface area contributed by atoms with Gasteiger partial charge < -0.3 is 15.5 Å². The van der Waals surface area contributed by atoms with Gasteiger partial charge in [-0.25, -0.2) is 9.19 Å². The first kappa shape index (κ1) is 26.7. The second kappa shape index (κ2) is 12.2. The molecule has 3 aromatic rings. The fourth-order valence-corrected chi connectivity index (χ4v) is 4.84. The van der Waals surface area contributed by atoms with Gasteiger partial charge in [0.2, 0.25) is 11.8 Å². The molecule has 2 heterocycles. The van der Waals surface area contributed by atoms with Crippen molar-refractivity contribution in [1.82, 2.24) is 24.9 Å². The third kappa shape index (κ3) is 7.32. The number of hydrogen-bond donors (Lipinski definition) is 4. The largest absolute Gasteiger partial charge is 0.339 e. The molecule has 38 heavy (non-hydrogen) atoms. The van der Waals surface area contributed by atoms with Crippen LogP contribution in [0.25, 0.3) is 10.9 Å². The molecule has 1 unspecified atom stereocenters. The molecule has 0 amide bonds. The summed E-state index contributed by atoms with van der Waals surface area (Å²) in [5.74, 6) is 5.53. The van der Waals surface area contributed by atoms with Crippen LogP contribution in [0.2, 0.25) is 0 Å². The highest BCUT2D eigenvalue weighted by Gasteiger charge is 2.11. The Labute approximate surface area is 222 Å². The monoisotopic (exact) mass is 532 g/mol. The van der Waals surface area contributed by atoms with Crippen molar-refractivity contribution in [2.45, 2.75) is 33.6 Å². The number of benzene rings is 1. The average molecular weight is 533 g/mol. The summed E-state index contributed by atoms with van der Waals surface area (Å²) < 4.78 is 16.0. The van der Waals surface area contributed by atoms with Gasteiger partial charge in [0.05, 0.1) is 38.6 Å². The molecule has 1 atom stereocenters. The predicted molar refractivity (Wildman–Crippen MR) is 156 cm³/mol. The fraction of sp³-hybridized carbons (Fsp3) is 0.222. The van der Waals surface area contributed by atoms with E-state index in [0.717, 1.165) is 40.0 Å². The van der Waals surface area contributed by atoms with Gasteiger partial charge in [0, 0.05) is 23.7 Å². The zero-order chi connectivity index (χ0) is 27.0. The molecule has 1 aliphatic rings. The Hall–Kier alpha value is -4.38. The van der Waals surface area contributed by atoms with Gasteiger partial charge in [0.15, 0.2) is 0 Å². The Balaban J connectivity index is 1.41. The number of aromatic amines is 1. The van der Waals surface area contributed by atoms with Crippen LogP contribution in [0.4, 0.5) is 17.5 Å². The molecular weight excluding hydrogens is 500 g/mol. The van der Waals surface area contributed by atoms with Gasteiger partial charge in [-0.3, -0.25) is 9.82 Å². The number of fused-ring (bicyclic) bond motifs is 1. The van der Waals surface area contributed by atoms with E-state index in [1.807, 2.05) is 56.4 Å². The van der Waals surface area contributed by atoms with Crippen LogP contribution in [0.1, 0.15) is 33.6 Å². The van der Waals surface area contributed by atoms with E-state index in [1.54, 1.807) is 31.5 Å². The minimum atomic E-state index is -2.71. The molecule has 0 saturated heterocycles. The molecule has 198 valence electrons. The topological polar surface area (TPSA) is 129 Å². The van der Waals surface area contributed by atoms with E-state index in [9.17, 15) is 4.21 Å². The van der Waals surface area contributed by atoms with Crippen molar-refractivity contribution in [3.8, 4) is 0 Å². The quantitative estimate of drug-likeness (QED) is 0.116. The number of nitrogens with zero attached hydrogens (tertiary/aromatic N) is 4. The zero-order valence-corrected chi connectivity index (χ0v) is 22.5. The third-order valence-electron chi connectivity index (χ3n) is 5.60. The molecule has 0 spiro atoms. The molecule has 11 heteroatoms. The second-order valence-electron chi connectivity index (χ2n) is 8.67. The van der Waals surface area contributed by atoms with E-state index < -0.39 is 9.71 Å². The summed E-state index contributed by atoms with van der Waals surface area (Å²) in [6, 6.07) is 7.69. The Morgan fingerprint density at radius 2 is 2.16 bits per heavy atom. The van der Waals surface area contributed by atoms with Crippen LogP contribution < -0.4 is 15.4 Å². The normalized spacial score (nSPS) is 15.8. The summed E-state index contributed by atoms with van der Waals surface area (Å²) in [4.78, 5) is 14.3. The lowest BCUT2D eigenvalue weighted by Gasteiger charge is -2.14. The standard InChI is InChI=1S/C27H32N8O2S/c1-5-19(3)34-37-26(6-2)35-38(4,36)18-20-9-7-10-21(14-13-20)30-27-28-16-15-25(32-27)31-23-11-8-12-24-22(23)17-29-33-24/h6-9,11-17H,4-5,10,18H2,1-3H3,(H,29,33)(H,35,36)(H2,28,30,31,32)/b26-6+,34-19-. The van der Waals surface area contributed by atoms with Crippen molar-refractivity contribution in [1.29, 1.82) is 0 Å². The van der Waals surface area contributed by atoms with Gasteiger partial charge in [-0.15, -0.1) is 0 Å². The minimum absolute atomic E-state index is 0.222. The SMILES string of the molecule is C=S(=O)(CC1=CC=C(Nc2nccc(Nc3cccc4[nH]ncc34)n2)CC=C1)N/C(=C\C)O/N=C(/C)CC. The molecule has 1 aliphatic carbocycles. The summed E-state index contributed by atoms with van der Waals surface area (Å²) in [6.07, 6.45) is 14.3. The number of aromatic nitrogens is 4. The van der Waals surface area contributed by atoms with E-state index in [0.29, 0.717) is 24.1 Å². The summed E-state index contributed by atoms with van der Waals surface area (Å²) in [5, 5.41) is 18.7. The van der Waals surface area contributed by atoms with Crippen molar-refractivity contribution in [3.63, 3.8) is 0 Å². The lowest BCUT2D eigenvalue weighted by atomic mass is 10.2. The van der Waals surface area contributed by atoms with E-state index in [4.69, 9.17) is 4.84 Å². The van der Waals surface area contributed by atoms with Crippen LogP contribution in [0.15, 0.2) is 89.3 Å². The van der Waals surface area contributed by atoms with Crippen molar-refractivity contribution in [2.24, 2.45) is 5.16 Å². The number of hydrogen-bond acceptors (Lipinski definition) is 8. The summed E-state index contributed by atoms with van der Waals surface area (Å²) in [5.41, 5.74) is 4.44. The van der Waals surface area contributed by atoms with Gasteiger partial charge in [-0.1, -0.05) is 36.4 Å². The number of anilines is 3. The van der Waals surface area contributed by atoms with Crippen LogP contribution in [0.3, 0.4) is 0 Å². The molecule has 0 radical (unpaired) electrons. The van der Waals surface area contributed by atoms with Crippen molar-refractivity contribution in [3.05, 3.63) is 84.2 Å². The lowest BCUT2D eigenvalue weighted by Crippen LogP contribution is -2.27. The highest BCUT2D eigenvalue weighted by atomic mass is 32.2. The van der Waals surface area contributed by atoms with Crippen LogP contribution in [0, 0.1) is 0 Å². The number of nitrogens with one attached hydrogen (secondary N) is 4. The molecule has 1 aromatic carbocycles. The van der Waals surface area contributed by atoms with E-state index in [1.165, 1.54) is 0 Å². The van der Waals surface area contributed by atoms with E-state index >= 15 is 0 Å². The summed E-state index contributed by atoms with van der Waals surface area (Å²) in [7, 11) is -2.71. The Bertz CT molecular complexity index is 1550. The molecule has 0 saturated carbocycles. The van der Waals surface area contributed by atoms with E-state index in [-0.39, 0.29) is 5.75 Å². The Morgan fingerprint density at radius 1 is 1.29 bits per heavy atom. The van der Waals surface area contributed by atoms with Gasteiger partial charge in [-0.05, 0) is 62.1 Å². The van der Waals surface area contributed by atoms with E-state index in [2.05, 4.69) is 46.5 Å². The first-order valence-corrected chi connectivity index (χ1v) is 14.1. The summed E-state index contributed by atoms with van der Waals surface area (Å²) >= 11 is 0. The maximum Gasteiger partial charge on any atom is 0.229 e. The first-order chi connectivity index (χ1) is 18.3. The molecule has 4 N–H and O–H groups in total. The Morgan fingerprint density at radius 3 is 2.97 bits per heavy atom. The highest BCUT2D eigenvalue weighted by Crippen LogP contribution is 2.24. The zero-order valence-electron chi connectivity index (χ0n) is 21.7. The maximum atomic E-state index is 13.1. The number of H-pyrrole nitrogens is 1. The number of oxime groups is 1. The smallest absolute Gasteiger partial charge is 0.229 e. The number of rotatable bonds is 11. The molecule has 10 nitrogen and oxygen atoms in total. The highest BCUT2D eigenvalue weighted by molar-refractivity contribution is 7.98. The van der Waals surface area contributed by atoms with Crippen LogP contribution >= 0.6 is 0 Å². The van der Waals surface area contributed by atoms with Crippen LogP contribution in [-0.2, 0) is 14.5 Å².